The largest absolute Gasteiger partial charge is 0.460 e. The van der Waals surface area contributed by atoms with Crippen molar-refractivity contribution >= 4 is 17.3 Å². The van der Waals surface area contributed by atoms with Crippen molar-refractivity contribution in [1.29, 1.82) is 0 Å². The number of aryl methyl sites for hydroxylation is 2. The zero-order chi connectivity index (χ0) is 13.3. The van der Waals surface area contributed by atoms with Gasteiger partial charge in [-0.05, 0) is 32.4 Å². The lowest BCUT2D eigenvalue weighted by Crippen LogP contribution is -2.20. The Bertz CT molecular complexity index is 628. The second-order valence-electron chi connectivity index (χ2n) is 3.99. The predicted octanol–water partition coefficient (Wildman–Crippen LogP) is 1.70. The molecule has 0 aliphatic rings. The highest BCUT2D eigenvalue weighted by atomic mass is 16.5. The molecule has 2 aromatic rings. The number of esters is 1. The third-order valence-corrected chi connectivity index (χ3v) is 2.76. The maximum Gasteiger partial charge on any atom is 0.381 e. The number of Topliss-reactive ketones (excluding diaryl/α,β-unsaturated/α-hetero) is 1. The normalized spacial score (nSPS) is 10.6. The molecule has 94 valence electrons. The van der Waals surface area contributed by atoms with Crippen molar-refractivity contribution in [1.82, 2.24) is 9.38 Å². The molecule has 0 aromatic carbocycles. The molecule has 0 amide bonds. The van der Waals surface area contributed by atoms with E-state index in [4.69, 9.17) is 4.74 Å². The SMILES string of the molecule is CCOC(=O)C(=O)c1c(C)cc2c(C)nccn12. The van der Waals surface area contributed by atoms with Crippen molar-refractivity contribution in [3.8, 4) is 0 Å². The fraction of sp³-hybridized carbons (Fsp3) is 0.308. The Hall–Kier alpha value is -2.17. The molecule has 0 bridgehead atoms. The van der Waals surface area contributed by atoms with Gasteiger partial charge in [-0.1, -0.05) is 0 Å². The van der Waals surface area contributed by atoms with Crippen LogP contribution in [0, 0.1) is 13.8 Å². The van der Waals surface area contributed by atoms with Crippen LogP contribution < -0.4 is 0 Å². The topological polar surface area (TPSA) is 60.7 Å². The summed E-state index contributed by atoms with van der Waals surface area (Å²) >= 11 is 0. The second kappa shape index (κ2) is 4.60. The first-order chi connectivity index (χ1) is 8.56. The summed E-state index contributed by atoms with van der Waals surface area (Å²) in [5.74, 6) is -1.45. The van der Waals surface area contributed by atoms with Crippen molar-refractivity contribution in [2.75, 3.05) is 6.61 Å². The highest BCUT2D eigenvalue weighted by Gasteiger charge is 2.23. The molecule has 0 saturated heterocycles. The Kier molecular flexibility index (Phi) is 3.14. The summed E-state index contributed by atoms with van der Waals surface area (Å²) in [4.78, 5) is 27.7. The first-order valence-corrected chi connectivity index (χ1v) is 5.71. The van der Waals surface area contributed by atoms with Crippen LogP contribution in [0.5, 0.6) is 0 Å². The Morgan fingerprint density at radius 2 is 2.11 bits per heavy atom. The van der Waals surface area contributed by atoms with Gasteiger partial charge in [-0.2, -0.15) is 0 Å². The second-order valence-corrected chi connectivity index (χ2v) is 3.99. The Balaban J connectivity index is 2.58. The van der Waals surface area contributed by atoms with E-state index < -0.39 is 11.8 Å². The van der Waals surface area contributed by atoms with E-state index in [0.29, 0.717) is 5.69 Å². The average molecular weight is 246 g/mol. The van der Waals surface area contributed by atoms with Gasteiger partial charge in [0.1, 0.15) is 5.69 Å². The molecule has 0 aliphatic heterocycles. The summed E-state index contributed by atoms with van der Waals surface area (Å²) in [6, 6.07) is 1.84. The highest BCUT2D eigenvalue weighted by Crippen LogP contribution is 2.18. The van der Waals surface area contributed by atoms with E-state index >= 15 is 0 Å². The molecule has 0 saturated carbocycles. The van der Waals surface area contributed by atoms with Gasteiger partial charge in [0.05, 0.1) is 17.8 Å². The van der Waals surface area contributed by atoms with Crippen molar-refractivity contribution in [2.45, 2.75) is 20.8 Å². The predicted molar refractivity (Wildman–Crippen MR) is 65.6 cm³/mol. The summed E-state index contributed by atoms with van der Waals surface area (Å²) in [6.45, 7) is 5.50. The van der Waals surface area contributed by atoms with E-state index in [9.17, 15) is 9.59 Å². The maximum absolute atomic E-state index is 12.0. The van der Waals surface area contributed by atoms with E-state index in [-0.39, 0.29) is 6.61 Å². The molecule has 5 nitrogen and oxygen atoms in total. The van der Waals surface area contributed by atoms with Crippen molar-refractivity contribution < 1.29 is 14.3 Å². The van der Waals surface area contributed by atoms with Crippen LogP contribution in [0.25, 0.3) is 5.52 Å². The molecule has 0 atom stereocenters. The molecule has 0 spiro atoms. The number of ketones is 1. The minimum absolute atomic E-state index is 0.188. The third-order valence-electron chi connectivity index (χ3n) is 2.76. The first kappa shape index (κ1) is 12.3. The van der Waals surface area contributed by atoms with Gasteiger partial charge in [0, 0.05) is 12.4 Å². The average Bonchev–Trinajstić information content (AvgIpc) is 2.66. The molecule has 2 heterocycles. The molecular formula is C13H14N2O3. The maximum atomic E-state index is 12.0. The minimum atomic E-state index is -0.824. The number of hydrogen-bond donors (Lipinski definition) is 0. The highest BCUT2D eigenvalue weighted by molar-refractivity contribution is 6.40. The molecule has 2 rings (SSSR count). The van der Waals surface area contributed by atoms with Gasteiger partial charge < -0.3 is 9.14 Å². The van der Waals surface area contributed by atoms with Gasteiger partial charge in [0.25, 0.3) is 5.78 Å². The fourth-order valence-corrected chi connectivity index (χ4v) is 1.95. The van der Waals surface area contributed by atoms with Crippen LogP contribution in [-0.4, -0.2) is 27.7 Å². The molecule has 0 aliphatic carbocycles. The Labute approximate surface area is 104 Å². The lowest BCUT2D eigenvalue weighted by atomic mass is 10.2. The van der Waals surface area contributed by atoms with E-state index in [1.165, 1.54) is 0 Å². The van der Waals surface area contributed by atoms with Crippen molar-refractivity contribution in [2.24, 2.45) is 0 Å². The van der Waals surface area contributed by atoms with Crippen molar-refractivity contribution in [3.05, 3.63) is 35.4 Å². The van der Waals surface area contributed by atoms with Gasteiger partial charge in [0.15, 0.2) is 0 Å². The van der Waals surface area contributed by atoms with Crippen LogP contribution in [0.2, 0.25) is 0 Å². The summed E-state index contributed by atoms with van der Waals surface area (Å²) in [6.07, 6.45) is 3.27. The van der Waals surface area contributed by atoms with Gasteiger partial charge >= 0.3 is 5.97 Å². The Morgan fingerprint density at radius 3 is 2.78 bits per heavy atom. The van der Waals surface area contributed by atoms with E-state index in [1.807, 2.05) is 13.0 Å². The lowest BCUT2D eigenvalue weighted by molar-refractivity contribution is -0.137. The van der Waals surface area contributed by atoms with Gasteiger partial charge in [-0.3, -0.25) is 9.78 Å². The van der Waals surface area contributed by atoms with E-state index in [2.05, 4.69) is 4.98 Å². The monoisotopic (exact) mass is 246 g/mol. The summed E-state index contributed by atoms with van der Waals surface area (Å²) in [5.41, 5.74) is 2.71. The summed E-state index contributed by atoms with van der Waals surface area (Å²) < 4.78 is 6.42. The first-order valence-electron chi connectivity index (χ1n) is 5.71. The molecule has 0 radical (unpaired) electrons. The van der Waals surface area contributed by atoms with Crippen LogP contribution in [0.1, 0.15) is 28.7 Å². The van der Waals surface area contributed by atoms with E-state index in [0.717, 1.165) is 16.8 Å². The summed E-state index contributed by atoms with van der Waals surface area (Å²) in [7, 11) is 0. The van der Waals surface area contributed by atoms with Crippen molar-refractivity contribution in [3.63, 3.8) is 0 Å². The zero-order valence-corrected chi connectivity index (χ0v) is 10.6. The molecule has 0 fully saturated rings. The summed E-state index contributed by atoms with van der Waals surface area (Å²) in [5, 5.41) is 0. The fourth-order valence-electron chi connectivity index (χ4n) is 1.95. The lowest BCUT2D eigenvalue weighted by Gasteiger charge is -2.04. The number of fused-ring (bicyclic) bond motifs is 1. The smallest absolute Gasteiger partial charge is 0.381 e. The number of aromatic nitrogens is 2. The van der Waals surface area contributed by atoms with Gasteiger partial charge in [-0.25, -0.2) is 4.79 Å². The molecule has 0 N–H and O–H groups in total. The number of ether oxygens (including phenoxy) is 1. The quantitative estimate of drug-likeness (QED) is 0.470. The number of rotatable bonds is 3. The number of hydrogen-bond acceptors (Lipinski definition) is 4. The zero-order valence-electron chi connectivity index (χ0n) is 10.6. The van der Waals surface area contributed by atoms with Crippen LogP contribution in [0.3, 0.4) is 0 Å². The Morgan fingerprint density at radius 1 is 1.39 bits per heavy atom. The molecule has 5 heteroatoms. The van der Waals surface area contributed by atoms with Crippen LogP contribution in [0.4, 0.5) is 0 Å². The number of carbonyl (C=O) groups is 2. The van der Waals surface area contributed by atoms with Crippen LogP contribution >= 0.6 is 0 Å². The van der Waals surface area contributed by atoms with Gasteiger partial charge in [0.2, 0.25) is 0 Å². The number of nitrogens with zero attached hydrogens (tertiary/aromatic N) is 2. The van der Waals surface area contributed by atoms with Gasteiger partial charge in [-0.15, -0.1) is 0 Å². The molecular weight excluding hydrogens is 232 g/mol. The molecule has 0 unspecified atom stereocenters. The van der Waals surface area contributed by atoms with Crippen LogP contribution in [-0.2, 0) is 9.53 Å². The van der Waals surface area contributed by atoms with E-state index in [1.54, 1.807) is 30.6 Å². The molecule has 2 aromatic heterocycles. The molecule has 18 heavy (non-hydrogen) atoms. The number of carbonyl (C=O) groups excluding carboxylic acids is 2. The minimum Gasteiger partial charge on any atom is -0.460 e. The van der Waals surface area contributed by atoms with Crippen LogP contribution in [0.15, 0.2) is 18.5 Å². The third kappa shape index (κ3) is 1.88. The standard InChI is InChI=1S/C13H14N2O3/c1-4-18-13(17)12(16)11-8(2)7-10-9(3)14-5-6-15(10)11/h5-7H,4H2,1-3H3.